The highest BCUT2D eigenvalue weighted by atomic mass is 32.1. The number of halogens is 1. The van der Waals surface area contributed by atoms with Gasteiger partial charge >= 0.3 is 5.97 Å². The number of carbonyl (C=O) groups is 1. The number of rotatable bonds is 5. The first-order chi connectivity index (χ1) is 10.0. The molecule has 6 heteroatoms. The zero-order valence-corrected chi connectivity index (χ0v) is 12.0. The average molecular weight is 305 g/mol. The molecule has 1 heterocycles. The van der Waals surface area contributed by atoms with Gasteiger partial charge in [0.05, 0.1) is 5.56 Å². The van der Waals surface area contributed by atoms with Crippen LogP contribution in [0.5, 0.6) is 5.75 Å². The lowest BCUT2D eigenvalue weighted by Gasteiger charge is -2.06. The molecule has 21 heavy (non-hydrogen) atoms. The van der Waals surface area contributed by atoms with E-state index in [1.54, 1.807) is 12.1 Å². The molecule has 2 rings (SSSR count). The van der Waals surface area contributed by atoms with Crippen LogP contribution < -0.4 is 4.74 Å². The van der Waals surface area contributed by atoms with Gasteiger partial charge in [0, 0.05) is 4.88 Å². The Morgan fingerprint density at radius 1 is 1.48 bits per heavy atom. The molecule has 1 N–H and O–H groups in total. The predicted octanol–water partition coefficient (Wildman–Crippen LogP) is 3.60. The van der Waals surface area contributed by atoms with E-state index < -0.39 is 11.8 Å². The Hall–Kier alpha value is -2.39. The number of ether oxygens (including phenoxy) is 1. The minimum atomic E-state index is -1.04. The molecule has 0 bridgehead atoms. The van der Waals surface area contributed by atoms with E-state index in [1.807, 2.05) is 6.92 Å². The third-order valence-corrected chi connectivity index (χ3v) is 4.09. The maximum atomic E-state index is 13.2. The third-order valence-electron chi connectivity index (χ3n) is 2.84. The molecule has 0 radical (unpaired) electrons. The molecule has 2 aromatic rings. The molecule has 0 saturated carbocycles. The molecule has 1 aromatic carbocycles. The summed E-state index contributed by atoms with van der Waals surface area (Å²) in [6.45, 7) is 2.01. The molecule has 0 amide bonds. The molecular weight excluding hydrogens is 293 g/mol. The first-order valence-electron chi connectivity index (χ1n) is 6.22. The molecule has 0 aliphatic rings. The van der Waals surface area contributed by atoms with Crippen LogP contribution in [-0.2, 0) is 13.0 Å². The molecule has 0 unspecified atom stereocenters. The minimum absolute atomic E-state index is 0.0610. The van der Waals surface area contributed by atoms with Crippen LogP contribution in [0.2, 0.25) is 0 Å². The van der Waals surface area contributed by atoms with E-state index in [1.165, 1.54) is 29.5 Å². The average Bonchev–Trinajstić information content (AvgIpc) is 2.90. The van der Waals surface area contributed by atoms with E-state index in [0.717, 1.165) is 11.3 Å². The number of thiophene rings is 1. The van der Waals surface area contributed by atoms with E-state index in [4.69, 9.17) is 15.1 Å². The molecule has 0 fully saturated rings. The standard InChI is InChI=1S/C15H12FNO3S/c1-2-11-6-13(14(21-11)15(18)19)20-8-9-3-4-12(16)10(5-9)7-17/h3-6H,2,8H2,1H3,(H,18,19). The van der Waals surface area contributed by atoms with Crippen molar-refractivity contribution < 1.29 is 19.0 Å². The lowest BCUT2D eigenvalue weighted by atomic mass is 10.1. The second kappa shape index (κ2) is 6.37. The minimum Gasteiger partial charge on any atom is -0.487 e. The predicted molar refractivity (Wildman–Crippen MR) is 76.1 cm³/mol. The number of carboxylic acid groups (broad SMARTS) is 1. The van der Waals surface area contributed by atoms with Gasteiger partial charge in [0.25, 0.3) is 0 Å². The van der Waals surface area contributed by atoms with E-state index in [2.05, 4.69) is 0 Å². The topological polar surface area (TPSA) is 70.3 Å². The quantitative estimate of drug-likeness (QED) is 0.916. The first-order valence-corrected chi connectivity index (χ1v) is 7.04. The van der Waals surface area contributed by atoms with Crippen molar-refractivity contribution in [3.05, 3.63) is 51.0 Å². The van der Waals surface area contributed by atoms with E-state index >= 15 is 0 Å². The Morgan fingerprint density at radius 2 is 2.24 bits per heavy atom. The van der Waals surface area contributed by atoms with Gasteiger partial charge in [-0.2, -0.15) is 5.26 Å². The van der Waals surface area contributed by atoms with E-state index in [9.17, 15) is 9.18 Å². The van der Waals surface area contributed by atoms with Crippen molar-refractivity contribution in [2.45, 2.75) is 20.0 Å². The molecule has 4 nitrogen and oxygen atoms in total. The Kier molecular flexibility index (Phi) is 4.55. The highest BCUT2D eigenvalue weighted by Crippen LogP contribution is 2.30. The molecule has 0 aliphatic heterocycles. The van der Waals surface area contributed by atoms with Crippen molar-refractivity contribution >= 4 is 17.3 Å². The number of nitrogens with zero attached hydrogens (tertiary/aromatic N) is 1. The molecule has 0 spiro atoms. The fraction of sp³-hybridized carbons (Fsp3) is 0.200. The van der Waals surface area contributed by atoms with E-state index in [-0.39, 0.29) is 17.0 Å². The van der Waals surface area contributed by atoms with Crippen LogP contribution in [0.1, 0.15) is 32.6 Å². The van der Waals surface area contributed by atoms with Crippen molar-refractivity contribution in [2.24, 2.45) is 0 Å². The van der Waals surface area contributed by atoms with Crippen LogP contribution in [-0.4, -0.2) is 11.1 Å². The van der Waals surface area contributed by atoms with Gasteiger partial charge in [0.1, 0.15) is 24.2 Å². The number of hydrogen-bond acceptors (Lipinski definition) is 4. The summed E-state index contributed by atoms with van der Waals surface area (Å²) >= 11 is 1.18. The van der Waals surface area contributed by atoms with Crippen LogP contribution in [0.4, 0.5) is 4.39 Å². The Morgan fingerprint density at radius 3 is 2.86 bits per heavy atom. The zero-order valence-electron chi connectivity index (χ0n) is 11.2. The summed E-state index contributed by atoms with van der Waals surface area (Å²) in [6.07, 6.45) is 0.726. The normalized spacial score (nSPS) is 10.1. The SMILES string of the molecule is CCc1cc(OCc2ccc(F)c(C#N)c2)c(C(=O)O)s1. The maximum absolute atomic E-state index is 13.2. The number of aryl methyl sites for hydroxylation is 1. The lowest BCUT2D eigenvalue weighted by molar-refractivity contribution is 0.0697. The molecule has 0 saturated heterocycles. The number of carboxylic acids is 1. The fourth-order valence-corrected chi connectivity index (χ4v) is 2.64. The Labute approximate surface area is 125 Å². The zero-order chi connectivity index (χ0) is 15.4. The van der Waals surface area contributed by atoms with Gasteiger partial charge in [-0.15, -0.1) is 11.3 Å². The molecule has 1 aromatic heterocycles. The third kappa shape index (κ3) is 3.38. The summed E-state index contributed by atoms with van der Waals surface area (Å²) in [6, 6.07) is 7.54. The van der Waals surface area contributed by atoms with E-state index in [0.29, 0.717) is 11.3 Å². The van der Waals surface area contributed by atoms with Gasteiger partial charge in [0.15, 0.2) is 4.88 Å². The summed E-state index contributed by atoms with van der Waals surface area (Å²) in [4.78, 5) is 12.2. The van der Waals surface area contributed by atoms with Gasteiger partial charge in [-0.3, -0.25) is 0 Å². The van der Waals surface area contributed by atoms with Crippen LogP contribution in [0, 0.1) is 17.1 Å². The Balaban J connectivity index is 2.18. The molecular formula is C15H12FNO3S. The highest BCUT2D eigenvalue weighted by Gasteiger charge is 2.16. The van der Waals surface area contributed by atoms with Crippen LogP contribution in [0.15, 0.2) is 24.3 Å². The summed E-state index contributed by atoms with van der Waals surface area (Å²) in [5.74, 6) is -1.32. The van der Waals surface area contributed by atoms with Gasteiger partial charge in [-0.1, -0.05) is 13.0 Å². The largest absolute Gasteiger partial charge is 0.487 e. The van der Waals surface area contributed by atoms with Gasteiger partial charge in [-0.05, 0) is 30.2 Å². The van der Waals surface area contributed by atoms with Crippen LogP contribution in [0.25, 0.3) is 0 Å². The van der Waals surface area contributed by atoms with Crippen molar-refractivity contribution in [3.8, 4) is 11.8 Å². The van der Waals surface area contributed by atoms with Crippen molar-refractivity contribution in [1.29, 1.82) is 5.26 Å². The van der Waals surface area contributed by atoms with Crippen molar-refractivity contribution in [2.75, 3.05) is 0 Å². The summed E-state index contributed by atoms with van der Waals surface area (Å²) in [5.41, 5.74) is 0.544. The van der Waals surface area contributed by atoms with Gasteiger partial charge in [0.2, 0.25) is 0 Å². The maximum Gasteiger partial charge on any atom is 0.349 e. The van der Waals surface area contributed by atoms with Crippen LogP contribution >= 0.6 is 11.3 Å². The Bertz CT molecular complexity index is 718. The van der Waals surface area contributed by atoms with Gasteiger partial charge in [-0.25, -0.2) is 9.18 Å². The number of hydrogen-bond donors (Lipinski definition) is 1. The summed E-state index contributed by atoms with van der Waals surface area (Å²) < 4.78 is 18.7. The van der Waals surface area contributed by atoms with Crippen molar-refractivity contribution in [3.63, 3.8) is 0 Å². The second-order valence-electron chi connectivity index (χ2n) is 4.28. The number of aromatic carboxylic acids is 1. The summed E-state index contributed by atoms with van der Waals surface area (Å²) in [5, 5.41) is 17.9. The molecule has 108 valence electrons. The number of benzene rings is 1. The first kappa shape index (κ1) is 15.0. The van der Waals surface area contributed by atoms with Crippen molar-refractivity contribution in [1.82, 2.24) is 0 Å². The van der Waals surface area contributed by atoms with Crippen LogP contribution in [0.3, 0.4) is 0 Å². The lowest BCUT2D eigenvalue weighted by Crippen LogP contribution is -2.00. The number of nitriles is 1. The fourth-order valence-electron chi connectivity index (χ4n) is 1.76. The van der Waals surface area contributed by atoms with Gasteiger partial charge < -0.3 is 9.84 Å². The smallest absolute Gasteiger partial charge is 0.349 e. The summed E-state index contributed by atoms with van der Waals surface area (Å²) in [7, 11) is 0. The monoisotopic (exact) mass is 305 g/mol. The molecule has 0 atom stereocenters. The highest BCUT2D eigenvalue weighted by molar-refractivity contribution is 7.14. The second-order valence-corrected chi connectivity index (χ2v) is 5.42. The molecule has 0 aliphatic carbocycles.